The standard InChI is InChI=1S/C30H27Cl2IN2O3/c1-3-26-27(28-16-22(32)7-4-19(28)2)14-15-35(30(36)38-25-12-8-21(31)9-13-25)29(26)20-5-10-24(11-6-20)37-18-23(33)17-34/h1,4-13,16,23,29H,14-15,17-18,34H2,2H3. The molecule has 2 atom stereocenters. The summed E-state index contributed by atoms with van der Waals surface area (Å²) in [6, 6.07) is 19.5. The van der Waals surface area contributed by atoms with Gasteiger partial charge in [0.25, 0.3) is 0 Å². The Labute approximate surface area is 247 Å². The molecule has 0 spiro atoms. The molecule has 1 aliphatic rings. The van der Waals surface area contributed by atoms with E-state index in [9.17, 15) is 4.79 Å². The fraction of sp³-hybridized carbons (Fsp3) is 0.233. The van der Waals surface area contributed by atoms with Crippen LogP contribution in [-0.4, -0.2) is 34.6 Å². The largest absolute Gasteiger partial charge is 0.492 e. The summed E-state index contributed by atoms with van der Waals surface area (Å²) < 4.78 is 11.8. The highest BCUT2D eigenvalue weighted by molar-refractivity contribution is 14.1. The van der Waals surface area contributed by atoms with E-state index in [-0.39, 0.29) is 3.92 Å². The first-order chi connectivity index (χ1) is 18.3. The zero-order valence-electron chi connectivity index (χ0n) is 20.8. The zero-order valence-corrected chi connectivity index (χ0v) is 24.5. The molecular formula is C30H27Cl2IN2O3. The van der Waals surface area contributed by atoms with E-state index in [1.807, 2.05) is 49.4 Å². The fourth-order valence-electron chi connectivity index (χ4n) is 4.39. The smallest absolute Gasteiger partial charge is 0.416 e. The van der Waals surface area contributed by atoms with Gasteiger partial charge in [0.15, 0.2) is 0 Å². The van der Waals surface area contributed by atoms with E-state index in [0.717, 1.165) is 22.3 Å². The fourth-order valence-corrected chi connectivity index (χ4v) is 4.87. The minimum absolute atomic E-state index is 0.211. The van der Waals surface area contributed by atoms with Crippen LogP contribution in [0.25, 0.3) is 5.57 Å². The van der Waals surface area contributed by atoms with Gasteiger partial charge in [-0.3, -0.25) is 4.90 Å². The summed E-state index contributed by atoms with van der Waals surface area (Å²) in [6.07, 6.45) is 6.20. The van der Waals surface area contributed by atoms with Crippen LogP contribution in [0.15, 0.2) is 72.3 Å². The average molecular weight is 661 g/mol. The van der Waals surface area contributed by atoms with Crippen LogP contribution in [0.1, 0.15) is 29.2 Å². The maximum absolute atomic E-state index is 13.5. The number of nitrogens with two attached hydrogens (primary N) is 1. The third-order valence-corrected chi connectivity index (χ3v) is 7.68. The molecule has 1 amide bonds. The number of rotatable bonds is 7. The summed E-state index contributed by atoms with van der Waals surface area (Å²) in [4.78, 5) is 15.1. The second kappa shape index (κ2) is 12.9. The molecule has 2 unspecified atom stereocenters. The molecule has 0 aromatic heterocycles. The Hall–Kier alpha value is -2.70. The molecule has 1 aliphatic heterocycles. The Balaban J connectivity index is 1.73. The lowest BCUT2D eigenvalue weighted by Crippen LogP contribution is -2.41. The molecule has 4 rings (SSSR count). The van der Waals surface area contributed by atoms with Crippen molar-refractivity contribution in [2.24, 2.45) is 5.73 Å². The van der Waals surface area contributed by atoms with Gasteiger partial charge in [-0.1, -0.05) is 69.9 Å². The SMILES string of the molecule is C#CC1=C(c2cc(Cl)ccc2C)CCN(C(=O)Oc2ccc(Cl)cc2)C1c1ccc(OCC(I)CN)cc1. The number of hydrogen-bond donors (Lipinski definition) is 1. The Morgan fingerprint density at radius 2 is 1.76 bits per heavy atom. The lowest BCUT2D eigenvalue weighted by molar-refractivity contribution is 0.138. The molecule has 0 saturated heterocycles. The molecule has 196 valence electrons. The maximum atomic E-state index is 13.5. The number of hydrogen-bond acceptors (Lipinski definition) is 4. The minimum Gasteiger partial charge on any atom is -0.492 e. The van der Waals surface area contributed by atoms with Crippen molar-refractivity contribution in [3.8, 4) is 23.8 Å². The zero-order chi connectivity index (χ0) is 27.2. The van der Waals surface area contributed by atoms with Crippen LogP contribution in [0.4, 0.5) is 4.79 Å². The molecule has 3 aromatic carbocycles. The van der Waals surface area contributed by atoms with Gasteiger partial charge in [-0.2, -0.15) is 0 Å². The van der Waals surface area contributed by atoms with E-state index >= 15 is 0 Å². The van der Waals surface area contributed by atoms with E-state index in [2.05, 4.69) is 28.5 Å². The van der Waals surface area contributed by atoms with Crippen molar-refractivity contribution >= 4 is 57.5 Å². The summed E-state index contributed by atoms with van der Waals surface area (Å²) in [5.74, 6) is 4.01. The van der Waals surface area contributed by atoms with Crippen molar-refractivity contribution in [3.63, 3.8) is 0 Å². The summed E-state index contributed by atoms with van der Waals surface area (Å²) in [5.41, 5.74) is 10.3. The quantitative estimate of drug-likeness (QED) is 0.162. The number of carbonyl (C=O) groups excluding carboxylic acids is 1. The van der Waals surface area contributed by atoms with E-state index in [1.54, 1.807) is 29.2 Å². The molecule has 0 fully saturated rings. The molecule has 0 bridgehead atoms. The van der Waals surface area contributed by atoms with Gasteiger partial charge in [-0.15, -0.1) is 6.42 Å². The second-order valence-electron chi connectivity index (χ2n) is 8.88. The second-order valence-corrected chi connectivity index (χ2v) is 11.5. The summed E-state index contributed by atoms with van der Waals surface area (Å²) in [5, 5.41) is 1.19. The molecule has 0 saturated carbocycles. The van der Waals surface area contributed by atoms with Crippen LogP contribution in [0.5, 0.6) is 11.5 Å². The molecule has 0 aliphatic carbocycles. The lowest BCUT2D eigenvalue weighted by atomic mass is 9.84. The van der Waals surface area contributed by atoms with Gasteiger partial charge in [-0.25, -0.2) is 4.79 Å². The lowest BCUT2D eigenvalue weighted by Gasteiger charge is -2.37. The van der Waals surface area contributed by atoms with Gasteiger partial charge in [-0.05, 0) is 84.1 Å². The number of aryl methyl sites for hydroxylation is 1. The number of carbonyl (C=O) groups is 1. The molecule has 38 heavy (non-hydrogen) atoms. The van der Waals surface area contributed by atoms with E-state index < -0.39 is 12.1 Å². The van der Waals surface area contributed by atoms with E-state index in [0.29, 0.717) is 53.2 Å². The molecular weight excluding hydrogens is 634 g/mol. The highest BCUT2D eigenvalue weighted by Gasteiger charge is 2.35. The first-order valence-corrected chi connectivity index (χ1v) is 14.1. The maximum Gasteiger partial charge on any atom is 0.416 e. The molecule has 3 aromatic rings. The Morgan fingerprint density at radius 1 is 1.11 bits per heavy atom. The topological polar surface area (TPSA) is 64.8 Å². The molecule has 5 nitrogen and oxygen atoms in total. The molecule has 8 heteroatoms. The van der Waals surface area contributed by atoms with Crippen molar-refractivity contribution in [2.75, 3.05) is 19.7 Å². The van der Waals surface area contributed by atoms with Crippen molar-refractivity contribution in [1.82, 2.24) is 4.90 Å². The Kier molecular flexibility index (Phi) is 9.61. The average Bonchev–Trinajstić information content (AvgIpc) is 2.93. The predicted octanol–water partition coefficient (Wildman–Crippen LogP) is 7.48. The van der Waals surface area contributed by atoms with Gasteiger partial charge < -0.3 is 15.2 Å². The number of alkyl halides is 1. The van der Waals surface area contributed by atoms with Gasteiger partial charge in [0.1, 0.15) is 18.1 Å². The van der Waals surface area contributed by atoms with Gasteiger partial charge >= 0.3 is 6.09 Å². The number of amides is 1. The number of terminal acetylenes is 1. The van der Waals surface area contributed by atoms with Crippen molar-refractivity contribution in [1.29, 1.82) is 0 Å². The first kappa shape index (κ1) is 28.3. The van der Waals surface area contributed by atoms with Crippen molar-refractivity contribution < 1.29 is 14.3 Å². The van der Waals surface area contributed by atoms with Crippen LogP contribution in [0.2, 0.25) is 10.0 Å². The van der Waals surface area contributed by atoms with Crippen LogP contribution in [0.3, 0.4) is 0 Å². The Bertz CT molecular complexity index is 1370. The minimum atomic E-state index is -0.530. The highest BCUT2D eigenvalue weighted by atomic mass is 127. The normalized spacial score (nSPS) is 16.1. The monoisotopic (exact) mass is 660 g/mol. The molecule has 1 heterocycles. The number of halogens is 3. The molecule has 2 N–H and O–H groups in total. The summed E-state index contributed by atoms with van der Waals surface area (Å²) in [7, 11) is 0. The third-order valence-electron chi connectivity index (χ3n) is 6.33. The van der Waals surface area contributed by atoms with Gasteiger partial charge in [0.2, 0.25) is 0 Å². The van der Waals surface area contributed by atoms with Crippen LogP contribution in [0, 0.1) is 19.3 Å². The van der Waals surface area contributed by atoms with E-state index in [1.165, 1.54) is 0 Å². The first-order valence-electron chi connectivity index (χ1n) is 12.1. The van der Waals surface area contributed by atoms with Crippen LogP contribution in [-0.2, 0) is 0 Å². The number of nitrogens with zero attached hydrogens (tertiary/aromatic N) is 1. The number of ether oxygens (including phenoxy) is 2. The Morgan fingerprint density at radius 3 is 2.42 bits per heavy atom. The van der Waals surface area contributed by atoms with E-state index in [4.69, 9.17) is 44.8 Å². The highest BCUT2D eigenvalue weighted by Crippen LogP contribution is 2.41. The van der Waals surface area contributed by atoms with Crippen molar-refractivity contribution in [2.45, 2.75) is 23.3 Å². The summed E-state index contributed by atoms with van der Waals surface area (Å²) >= 11 is 14.6. The van der Waals surface area contributed by atoms with Crippen LogP contribution < -0.4 is 15.2 Å². The predicted molar refractivity (Wildman–Crippen MR) is 162 cm³/mol. The van der Waals surface area contributed by atoms with Crippen LogP contribution >= 0.6 is 45.8 Å². The van der Waals surface area contributed by atoms with Gasteiger partial charge in [0.05, 0.1) is 9.97 Å². The number of benzene rings is 3. The summed E-state index contributed by atoms with van der Waals surface area (Å²) in [6.45, 7) is 3.48. The third kappa shape index (κ3) is 6.65. The van der Waals surface area contributed by atoms with Crippen molar-refractivity contribution in [3.05, 3.63) is 99.0 Å². The molecule has 0 radical (unpaired) electrons. The van der Waals surface area contributed by atoms with Gasteiger partial charge in [0, 0.05) is 28.7 Å².